The van der Waals surface area contributed by atoms with Crippen molar-refractivity contribution in [2.24, 2.45) is 5.92 Å². The van der Waals surface area contributed by atoms with Gasteiger partial charge < -0.3 is 5.11 Å². The normalized spacial score (nSPS) is 23.2. The van der Waals surface area contributed by atoms with Crippen molar-refractivity contribution >= 4 is 27.9 Å². The van der Waals surface area contributed by atoms with Gasteiger partial charge in [0.1, 0.15) is 5.75 Å². The van der Waals surface area contributed by atoms with Crippen LogP contribution in [0.25, 0.3) is 16.3 Å². The zero-order valence-corrected chi connectivity index (χ0v) is 20.3. The van der Waals surface area contributed by atoms with E-state index in [-0.39, 0.29) is 17.3 Å². The Balaban J connectivity index is 1.67. The molecular formula is C34H26O3. The fourth-order valence-electron chi connectivity index (χ4n) is 6.36. The highest BCUT2D eigenvalue weighted by Crippen LogP contribution is 2.58. The molecule has 0 saturated carbocycles. The zero-order chi connectivity index (χ0) is 25.6. The maximum atomic E-state index is 14.5. The number of benzene rings is 4. The van der Waals surface area contributed by atoms with Crippen LogP contribution in [-0.2, 0) is 15.0 Å². The summed E-state index contributed by atoms with van der Waals surface area (Å²) in [7, 11) is 0. The Labute approximate surface area is 216 Å². The van der Waals surface area contributed by atoms with Gasteiger partial charge in [-0.2, -0.15) is 0 Å². The zero-order valence-electron chi connectivity index (χ0n) is 20.3. The molecule has 6 rings (SSSR count). The van der Waals surface area contributed by atoms with Gasteiger partial charge in [0.2, 0.25) is 0 Å². The summed E-state index contributed by atoms with van der Waals surface area (Å²) in [5, 5.41) is 13.2. The smallest absolute Gasteiger partial charge is 0.168 e. The minimum absolute atomic E-state index is 0.0562. The SMILES string of the molecule is C=CC1=CCC2C(=O)C(c3ccccc3)=CC(=O)C2(c2ccccc2)C1c1ccc2ccccc2c1O. The topological polar surface area (TPSA) is 54.4 Å². The Morgan fingerprint density at radius 2 is 1.51 bits per heavy atom. The van der Waals surface area contributed by atoms with Crippen LogP contribution in [0.15, 0.2) is 127 Å². The lowest BCUT2D eigenvalue weighted by Gasteiger charge is -2.50. The standard InChI is InChI=1S/C34H26O3/c1-2-22-18-20-29-33(37)28(23-11-5-3-6-12-23)21-30(35)34(29,25-14-7-4-8-15-25)31(22)27-19-17-24-13-9-10-16-26(24)32(27)36/h2-19,21,29,31,36H,1,20H2. The Kier molecular flexibility index (Phi) is 5.49. The van der Waals surface area contributed by atoms with Crippen molar-refractivity contribution in [2.75, 3.05) is 0 Å². The summed E-state index contributed by atoms with van der Waals surface area (Å²) in [5.41, 5.74) is 2.20. The van der Waals surface area contributed by atoms with Crippen molar-refractivity contribution in [3.8, 4) is 5.75 Å². The van der Waals surface area contributed by atoms with Crippen molar-refractivity contribution < 1.29 is 14.7 Å². The molecule has 3 atom stereocenters. The number of rotatable bonds is 4. The van der Waals surface area contributed by atoms with E-state index in [0.29, 0.717) is 22.9 Å². The molecule has 3 nitrogen and oxygen atoms in total. The van der Waals surface area contributed by atoms with E-state index < -0.39 is 17.3 Å². The molecule has 3 unspecified atom stereocenters. The molecule has 4 aromatic rings. The maximum absolute atomic E-state index is 14.5. The van der Waals surface area contributed by atoms with Gasteiger partial charge >= 0.3 is 0 Å². The van der Waals surface area contributed by atoms with Gasteiger partial charge in [-0.1, -0.05) is 116 Å². The molecule has 3 heteroatoms. The molecule has 0 heterocycles. The molecule has 0 fully saturated rings. The van der Waals surface area contributed by atoms with Crippen molar-refractivity contribution in [3.63, 3.8) is 0 Å². The third kappa shape index (κ3) is 3.35. The number of Topliss-reactive ketones (excluding diaryl/α,β-unsaturated/α-hetero) is 1. The number of hydrogen-bond donors (Lipinski definition) is 1. The van der Waals surface area contributed by atoms with E-state index >= 15 is 0 Å². The molecule has 2 aliphatic rings. The summed E-state index contributed by atoms with van der Waals surface area (Å²) in [6, 6.07) is 30.4. The Hall–Kier alpha value is -4.50. The summed E-state index contributed by atoms with van der Waals surface area (Å²) < 4.78 is 0. The third-order valence-electron chi connectivity index (χ3n) is 8.01. The third-order valence-corrected chi connectivity index (χ3v) is 8.01. The Morgan fingerprint density at radius 3 is 2.24 bits per heavy atom. The number of carbonyl (C=O) groups excluding carboxylic acids is 2. The quantitative estimate of drug-likeness (QED) is 0.343. The van der Waals surface area contributed by atoms with E-state index in [1.807, 2.05) is 103 Å². The van der Waals surface area contributed by atoms with E-state index in [9.17, 15) is 14.7 Å². The van der Waals surface area contributed by atoms with Crippen LogP contribution >= 0.6 is 0 Å². The minimum Gasteiger partial charge on any atom is -0.507 e. The molecule has 0 aromatic heterocycles. The molecule has 180 valence electrons. The van der Waals surface area contributed by atoms with E-state index in [0.717, 1.165) is 22.1 Å². The Bertz CT molecular complexity index is 1610. The van der Waals surface area contributed by atoms with Crippen molar-refractivity contribution in [2.45, 2.75) is 17.8 Å². The first-order chi connectivity index (χ1) is 18.1. The second-order valence-electron chi connectivity index (χ2n) is 9.74. The lowest BCUT2D eigenvalue weighted by atomic mass is 9.50. The molecule has 0 bridgehead atoms. The van der Waals surface area contributed by atoms with Crippen molar-refractivity contribution in [1.82, 2.24) is 0 Å². The first-order valence-electron chi connectivity index (χ1n) is 12.5. The number of carbonyl (C=O) groups is 2. The number of aromatic hydroxyl groups is 1. The number of fused-ring (bicyclic) bond motifs is 2. The summed E-state index contributed by atoms with van der Waals surface area (Å²) in [5.74, 6) is -1.26. The Morgan fingerprint density at radius 1 is 0.838 bits per heavy atom. The number of ketones is 2. The lowest BCUT2D eigenvalue weighted by Crippen LogP contribution is -2.54. The molecule has 1 N–H and O–H groups in total. The average molecular weight is 483 g/mol. The second kappa shape index (κ2) is 8.86. The number of hydrogen-bond acceptors (Lipinski definition) is 3. The van der Waals surface area contributed by atoms with Crippen LogP contribution in [0.4, 0.5) is 0 Å². The molecule has 0 amide bonds. The van der Waals surface area contributed by atoms with Gasteiger partial charge in [0.15, 0.2) is 11.6 Å². The average Bonchev–Trinajstić information content (AvgIpc) is 2.95. The van der Waals surface area contributed by atoms with Crippen LogP contribution in [-0.4, -0.2) is 16.7 Å². The van der Waals surface area contributed by atoms with Gasteiger partial charge in [-0.05, 0) is 34.6 Å². The highest BCUT2D eigenvalue weighted by Gasteiger charge is 2.59. The molecule has 2 aliphatic carbocycles. The summed E-state index contributed by atoms with van der Waals surface area (Å²) in [6.45, 7) is 4.06. The first kappa shape index (κ1) is 22.9. The predicted molar refractivity (Wildman–Crippen MR) is 147 cm³/mol. The first-order valence-corrected chi connectivity index (χ1v) is 12.5. The minimum atomic E-state index is -1.21. The summed E-state index contributed by atoms with van der Waals surface area (Å²) in [4.78, 5) is 28.7. The second-order valence-corrected chi connectivity index (χ2v) is 9.74. The van der Waals surface area contributed by atoms with Crippen LogP contribution < -0.4 is 0 Å². The molecular weight excluding hydrogens is 456 g/mol. The van der Waals surface area contributed by atoms with Gasteiger partial charge in [-0.3, -0.25) is 9.59 Å². The number of phenols is 1. The molecule has 37 heavy (non-hydrogen) atoms. The predicted octanol–water partition coefficient (Wildman–Crippen LogP) is 6.93. The maximum Gasteiger partial charge on any atom is 0.168 e. The number of phenolic OH excluding ortho intramolecular Hbond substituents is 1. The van der Waals surface area contributed by atoms with E-state index in [4.69, 9.17) is 0 Å². The van der Waals surface area contributed by atoms with Gasteiger partial charge in [-0.25, -0.2) is 0 Å². The van der Waals surface area contributed by atoms with E-state index in [2.05, 4.69) is 6.58 Å². The molecule has 4 aromatic carbocycles. The molecule has 0 aliphatic heterocycles. The van der Waals surface area contributed by atoms with Crippen LogP contribution in [0, 0.1) is 5.92 Å². The molecule has 0 radical (unpaired) electrons. The summed E-state index contributed by atoms with van der Waals surface area (Å²) >= 11 is 0. The highest BCUT2D eigenvalue weighted by atomic mass is 16.3. The van der Waals surface area contributed by atoms with Crippen molar-refractivity contribution in [3.05, 3.63) is 144 Å². The van der Waals surface area contributed by atoms with Crippen LogP contribution in [0.5, 0.6) is 5.75 Å². The fraction of sp³-hybridized carbons (Fsp3) is 0.118. The monoisotopic (exact) mass is 482 g/mol. The van der Waals surface area contributed by atoms with E-state index in [1.165, 1.54) is 6.08 Å². The van der Waals surface area contributed by atoms with Crippen LogP contribution in [0.2, 0.25) is 0 Å². The van der Waals surface area contributed by atoms with Crippen LogP contribution in [0.3, 0.4) is 0 Å². The highest BCUT2D eigenvalue weighted by molar-refractivity contribution is 6.31. The molecule has 0 spiro atoms. The molecule has 0 saturated heterocycles. The van der Waals surface area contributed by atoms with Crippen molar-refractivity contribution in [1.29, 1.82) is 0 Å². The summed E-state index contributed by atoms with van der Waals surface area (Å²) in [6.07, 6.45) is 5.71. The number of allylic oxidation sites excluding steroid dienone is 5. The lowest BCUT2D eigenvalue weighted by molar-refractivity contribution is -0.131. The van der Waals surface area contributed by atoms with Gasteiger partial charge in [0.25, 0.3) is 0 Å². The largest absolute Gasteiger partial charge is 0.507 e. The van der Waals surface area contributed by atoms with Gasteiger partial charge in [0.05, 0.1) is 5.41 Å². The fourth-order valence-corrected chi connectivity index (χ4v) is 6.36. The van der Waals surface area contributed by atoms with Crippen LogP contribution in [0.1, 0.15) is 29.0 Å². The van der Waals surface area contributed by atoms with Gasteiger partial charge in [0, 0.05) is 28.4 Å². The van der Waals surface area contributed by atoms with Gasteiger partial charge in [-0.15, -0.1) is 0 Å². The van der Waals surface area contributed by atoms with E-state index in [1.54, 1.807) is 6.08 Å².